The van der Waals surface area contributed by atoms with Crippen LogP contribution in [-0.2, 0) is 5.54 Å². The zero-order valence-electron chi connectivity index (χ0n) is 14.5. The van der Waals surface area contributed by atoms with Crippen molar-refractivity contribution >= 4 is 17.1 Å². The second-order valence-corrected chi connectivity index (χ2v) is 6.67. The van der Waals surface area contributed by atoms with E-state index in [1.54, 1.807) is 13.2 Å². The van der Waals surface area contributed by atoms with Crippen molar-refractivity contribution in [2.45, 2.75) is 31.2 Å². The fourth-order valence-corrected chi connectivity index (χ4v) is 3.71. The van der Waals surface area contributed by atoms with Gasteiger partial charge in [-0.25, -0.2) is 9.78 Å². The number of nitrogens with zero attached hydrogens (tertiary/aromatic N) is 1. The third-order valence-electron chi connectivity index (χ3n) is 5.08. The number of amides is 1. The van der Waals surface area contributed by atoms with Crippen molar-refractivity contribution in [1.29, 1.82) is 0 Å². The molecule has 4 rings (SSSR count). The number of imidazole rings is 1. The van der Waals surface area contributed by atoms with Crippen LogP contribution in [0.5, 0.6) is 5.75 Å². The molecule has 7 heteroatoms. The van der Waals surface area contributed by atoms with Crippen LogP contribution in [0.2, 0.25) is 0 Å². The van der Waals surface area contributed by atoms with E-state index in [0.717, 1.165) is 37.0 Å². The fourth-order valence-electron chi connectivity index (χ4n) is 3.71. The number of aromatic amines is 2. The SMILES string of the molecule is COc1ccc(C2(NC(=O)c3cnc4[nH]c(=O)[nH]c4c3)CCCC2)cc1. The molecule has 2 heterocycles. The van der Waals surface area contributed by atoms with Gasteiger partial charge in [0.15, 0.2) is 5.65 Å². The zero-order valence-corrected chi connectivity index (χ0v) is 14.5. The topological polar surface area (TPSA) is 99.9 Å². The molecule has 1 aliphatic carbocycles. The van der Waals surface area contributed by atoms with Gasteiger partial charge in [-0.15, -0.1) is 0 Å². The number of H-pyrrole nitrogens is 2. The second kappa shape index (κ2) is 6.33. The molecule has 0 saturated heterocycles. The highest BCUT2D eigenvalue weighted by Gasteiger charge is 2.37. The van der Waals surface area contributed by atoms with Crippen molar-refractivity contribution in [3.8, 4) is 5.75 Å². The van der Waals surface area contributed by atoms with Gasteiger partial charge in [-0.2, -0.15) is 0 Å². The molecule has 0 aliphatic heterocycles. The Morgan fingerprint density at radius 3 is 2.62 bits per heavy atom. The number of pyridine rings is 1. The number of methoxy groups -OCH3 is 1. The Balaban J connectivity index is 1.64. The largest absolute Gasteiger partial charge is 0.497 e. The van der Waals surface area contributed by atoms with E-state index in [1.807, 2.05) is 24.3 Å². The Kier molecular flexibility index (Phi) is 3.99. The number of ether oxygens (including phenoxy) is 1. The summed E-state index contributed by atoms with van der Waals surface area (Å²) >= 11 is 0. The first-order valence-corrected chi connectivity index (χ1v) is 8.65. The van der Waals surface area contributed by atoms with Crippen molar-refractivity contribution in [3.05, 3.63) is 58.1 Å². The van der Waals surface area contributed by atoms with Crippen LogP contribution in [0.1, 0.15) is 41.6 Å². The number of rotatable bonds is 4. The normalized spacial score (nSPS) is 15.9. The first-order valence-electron chi connectivity index (χ1n) is 8.65. The Labute approximate surface area is 149 Å². The number of carbonyl (C=O) groups is 1. The molecule has 1 fully saturated rings. The first-order chi connectivity index (χ1) is 12.6. The molecule has 0 unspecified atom stereocenters. The number of benzene rings is 1. The zero-order chi connectivity index (χ0) is 18.1. The standard InChI is InChI=1S/C19H20N4O3/c1-26-14-6-4-13(5-7-14)19(8-2-3-9-19)23-17(24)12-10-15-16(20-11-12)22-18(25)21-15/h4-7,10-11H,2-3,8-9H2,1H3,(H,23,24)(H2,20,21,22,25). The lowest BCUT2D eigenvalue weighted by Crippen LogP contribution is -2.43. The van der Waals surface area contributed by atoms with Gasteiger partial charge in [0.1, 0.15) is 5.75 Å². The summed E-state index contributed by atoms with van der Waals surface area (Å²) in [4.78, 5) is 33.6. The minimum atomic E-state index is -0.385. The summed E-state index contributed by atoms with van der Waals surface area (Å²) in [6.45, 7) is 0. The lowest BCUT2D eigenvalue weighted by Gasteiger charge is -2.31. The van der Waals surface area contributed by atoms with Crippen molar-refractivity contribution in [1.82, 2.24) is 20.3 Å². The maximum absolute atomic E-state index is 12.9. The van der Waals surface area contributed by atoms with Crippen LogP contribution in [0.4, 0.5) is 0 Å². The molecule has 0 atom stereocenters. The maximum Gasteiger partial charge on any atom is 0.325 e. The highest BCUT2D eigenvalue weighted by molar-refractivity contribution is 5.96. The van der Waals surface area contributed by atoms with E-state index in [9.17, 15) is 9.59 Å². The molecule has 3 aromatic rings. The minimum absolute atomic E-state index is 0.195. The predicted octanol–water partition coefficient (Wildman–Crippen LogP) is 2.46. The van der Waals surface area contributed by atoms with Gasteiger partial charge >= 0.3 is 5.69 Å². The highest BCUT2D eigenvalue weighted by atomic mass is 16.5. The van der Waals surface area contributed by atoms with E-state index in [4.69, 9.17) is 4.74 Å². The molecule has 0 bridgehead atoms. The Hall–Kier alpha value is -3.09. The quantitative estimate of drug-likeness (QED) is 0.671. The molecule has 134 valence electrons. The van der Waals surface area contributed by atoms with E-state index >= 15 is 0 Å². The first kappa shape index (κ1) is 16.4. The smallest absolute Gasteiger partial charge is 0.325 e. The molecule has 1 amide bonds. The molecule has 7 nitrogen and oxygen atoms in total. The molecule has 0 radical (unpaired) electrons. The lowest BCUT2D eigenvalue weighted by molar-refractivity contribution is 0.0898. The average molecular weight is 352 g/mol. The van der Waals surface area contributed by atoms with Gasteiger partial charge in [0.25, 0.3) is 5.91 Å². The number of hydrogen-bond donors (Lipinski definition) is 3. The van der Waals surface area contributed by atoms with Gasteiger partial charge in [-0.3, -0.25) is 9.78 Å². The molecule has 1 aliphatic rings. The number of carbonyl (C=O) groups excluding carboxylic acids is 1. The van der Waals surface area contributed by atoms with Crippen LogP contribution in [0, 0.1) is 0 Å². The van der Waals surface area contributed by atoms with Crippen LogP contribution >= 0.6 is 0 Å². The predicted molar refractivity (Wildman–Crippen MR) is 97.3 cm³/mol. The van der Waals surface area contributed by atoms with Crippen LogP contribution < -0.4 is 15.7 Å². The van der Waals surface area contributed by atoms with Crippen molar-refractivity contribution in [3.63, 3.8) is 0 Å². The summed E-state index contributed by atoms with van der Waals surface area (Å²) in [7, 11) is 1.64. The highest BCUT2D eigenvalue weighted by Crippen LogP contribution is 2.39. The van der Waals surface area contributed by atoms with Crippen LogP contribution in [0.25, 0.3) is 11.2 Å². The Morgan fingerprint density at radius 2 is 1.92 bits per heavy atom. The second-order valence-electron chi connectivity index (χ2n) is 6.67. The third-order valence-corrected chi connectivity index (χ3v) is 5.08. The molecule has 3 N–H and O–H groups in total. The maximum atomic E-state index is 12.9. The van der Waals surface area contributed by atoms with E-state index in [0.29, 0.717) is 16.7 Å². The van der Waals surface area contributed by atoms with Crippen molar-refractivity contribution in [2.75, 3.05) is 7.11 Å². The lowest BCUT2D eigenvalue weighted by atomic mass is 9.87. The van der Waals surface area contributed by atoms with Gasteiger partial charge in [0, 0.05) is 6.20 Å². The number of nitrogens with one attached hydrogen (secondary N) is 3. The Morgan fingerprint density at radius 1 is 1.19 bits per heavy atom. The summed E-state index contributed by atoms with van der Waals surface area (Å²) in [6.07, 6.45) is 5.39. The van der Waals surface area contributed by atoms with E-state index in [1.165, 1.54) is 6.20 Å². The van der Waals surface area contributed by atoms with Crippen molar-refractivity contribution < 1.29 is 9.53 Å². The molecular weight excluding hydrogens is 332 g/mol. The molecule has 1 aromatic carbocycles. The van der Waals surface area contributed by atoms with Gasteiger partial charge in [0.05, 0.1) is 23.7 Å². The van der Waals surface area contributed by atoms with Crippen LogP contribution in [0.15, 0.2) is 41.3 Å². The number of aromatic nitrogens is 3. The third kappa shape index (κ3) is 2.85. The van der Waals surface area contributed by atoms with E-state index in [-0.39, 0.29) is 17.1 Å². The molecular formula is C19H20N4O3. The van der Waals surface area contributed by atoms with Gasteiger partial charge < -0.3 is 15.0 Å². The Bertz CT molecular complexity index is 998. The van der Waals surface area contributed by atoms with Gasteiger partial charge in [-0.1, -0.05) is 25.0 Å². The summed E-state index contributed by atoms with van der Waals surface area (Å²) in [5.74, 6) is 0.596. The number of fused-ring (bicyclic) bond motifs is 1. The summed E-state index contributed by atoms with van der Waals surface area (Å²) in [6, 6.07) is 9.50. The van der Waals surface area contributed by atoms with Gasteiger partial charge in [-0.05, 0) is 36.6 Å². The van der Waals surface area contributed by atoms with E-state index in [2.05, 4.69) is 20.3 Å². The molecule has 0 spiro atoms. The molecule has 26 heavy (non-hydrogen) atoms. The average Bonchev–Trinajstić information content (AvgIpc) is 3.27. The molecule has 1 saturated carbocycles. The van der Waals surface area contributed by atoms with Crippen LogP contribution in [-0.4, -0.2) is 28.0 Å². The molecule has 2 aromatic heterocycles. The van der Waals surface area contributed by atoms with E-state index < -0.39 is 0 Å². The van der Waals surface area contributed by atoms with Gasteiger partial charge in [0.2, 0.25) is 0 Å². The van der Waals surface area contributed by atoms with Crippen LogP contribution in [0.3, 0.4) is 0 Å². The fraction of sp³-hybridized carbons (Fsp3) is 0.316. The summed E-state index contributed by atoms with van der Waals surface area (Å²) in [5, 5.41) is 3.21. The summed E-state index contributed by atoms with van der Waals surface area (Å²) in [5.41, 5.74) is 1.74. The van der Waals surface area contributed by atoms with Crippen molar-refractivity contribution in [2.24, 2.45) is 0 Å². The monoisotopic (exact) mass is 352 g/mol. The minimum Gasteiger partial charge on any atom is -0.497 e. The summed E-state index contributed by atoms with van der Waals surface area (Å²) < 4.78 is 5.23. The number of hydrogen-bond acceptors (Lipinski definition) is 4.